The number of ether oxygens (including phenoxy) is 1. The van der Waals surface area contributed by atoms with Crippen molar-refractivity contribution in [3.05, 3.63) is 114 Å². The number of hydrogen-bond acceptors (Lipinski definition) is 4. The third-order valence-electron chi connectivity index (χ3n) is 5.08. The Morgan fingerprint density at radius 2 is 1.71 bits per heavy atom. The molecule has 0 amide bonds. The van der Waals surface area contributed by atoms with Crippen LogP contribution in [0.3, 0.4) is 0 Å². The van der Waals surface area contributed by atoms with E-state index in [4.69, 9.17) is 15.5 Å². The van der Waals surface area contributed by atoms with Crippen LogP contribution < -0.4 is 5.73 Å². The average Bonchev–Trinajstić information content (AvgIpc) is 3.38. The zero-order valence-corrected chi connectivity index (χ0v) is 18.8. The molecular weight excluding hydrogens is 426 g/mol. The lowest BCUT2D eigenvalue weighted by Gasteiger charge is -2.08. The number of amidine groups is 2. The van der Waals surface area contributed by atoms with Gasteiger partial charge in [-0.15, -0.1) is 0 Å². The topological polar surface area (TPSA) is 106 Å². The van der Waals surface area contributed by atoms with Crippen LogP contribution in [0.2, 0.25) is 0 Å². The van der Waals surface area contributed by atoms with E-state index in [-0.39, 0.29) is 12.4 Å². The Bertz CT molecular complexity index is 1310. The van der Waals surface area contributed by atoms with Crippen molar-refractivity contribution in [2.24, 2.45) is 15.7 Å². The number of rotatable bonds is 7. The Morgan fingerprint density at radius 3 is 2.44 bits per heavy atom. The first-order valence-electron chi connectivity index (χ1n) is 10.9. The Hall–Kier alpha value is -4.52. The number of aromatic nitrogens is 2. The molecule has 2 aromatic carbocycles. The minimum absolute atomic E-state index is 0.194. The summed E-state index contributed by atoms with van der Waals surface area (Å²) in [6.07, 6.45) is 4.85. The van der Waals surface area contributed by atoms with Crippen molar-refractivity contribution < 1.29 is 9.53 Å². The monoisotopic (exact) mass is 451 g/mol. The van der Waals surface area contributed by atoms with Crippen LogP contribution in [0.5, 0.6) is 0 Å². The van der Waals surface area contributed by atoms with E-state index >= 15 is 0 Å². The first-order valence-corrected chi connectivity index (χ1v) is 10.9. The molecule has 0 radical (unpaired) electrons. The van der Waals surface area contributed by atoms with Gasteiger partial charge in [-0.05, 0) is 30.2 Å². The summed E-state index contributed by atoms with van der Waals surface area (Å²) in [7, 11) is 0. The van der Waals surface area contributed by atoms with Crippen molar-refractivity contribution in [3.63, 3.8) is 0 Å². The normalized spacial score (nSPS) is 11.9. The standard InChI is InChI=1S/C27H25N5O2/c1-2-34-27(33)22-15-21(17-29-18-22)25(28)32-26(31-16-19-9-5-3-6-10-19)24-23(13-14-30-24)20-11-7-4-8-12-20/h3-15,17-18,30H,2,16H2,1H3,(H2,28,31,32). The number of aliphatic imine (C=N–C) groups is 2. The number of pyridine rings is 1. The SMILES string of the molecule is CCOC(=O)c1cncc(C(N)=NC(=NCc2ccccc2)c2[nH]ccc2-c2ccccc2)c1. The number of benzene rings is 2. The molecule has 0 aliphatic carbocycles. The summed E-state index contributed by atoms with van der Waals surface area (Å²) >= 11 is 0. The first-order chi connectivity index (χ1) is 16.7. The number of carbonyl (C=O) groups excluding carboxylic acids is 1. The van der Waals surface area contributed by atoms with E-state index in [0.29, 0.717) is 23.5 Å². The largest absolute Gasteiger partial charge is 0.462 e. The molecule has 0 fully saturated rings. The Kier molecular flexibility index (Phi) is 7.25. The number of hydrogen-bond donors (Lipinski definition) is 2. The van der Waals surface area contributed by atoms with E-state index in [1.165, 1.54) is 6.20 Å². The summed E-state index contributed by atoms with van der Waals surface area (Å²) in [6, 6.07) is 23.5. The molecule has 3 N–H and O–H groups in total. The maximum Gasteiger partial charge on any atom is 0.339 e. The Labute approximate surface area is 198 Å². The molecule has 2 heterocycles. The van der Waals surface area contributed by atoms with Crippen LogP contribution in [-0.2, 0) is 11.3 Å². The quantitative estimate of drug-likeness (QED) is 0.243. The van der Waals surface area contributed by atoms with Crippen LogP contribution in [-0.4, -0.2) is 34.2 Å². The molecular formula is C27H25N5O2. The van der Waals surface area contributed by atoms with Gasteiger partial charge in [-0.25, -0.2) is 9.79 Å². The number of nitrogens with zero attached hydrogens (tertiary/aromatic N) is 3. The molecule has 0 saturated carbocycles. The van der Waals surface area contributed by atoms with Gasteiger partial charge >= 0.3 is 5.97 Å². The van der Waals surface area contributed by atoms with Gasteiger partial charge in [0.25, 0.3) is 0 Å². The molecule has 4 aromatic rings. The smallest absolute Gasteiger partial charge is 0.339 e. The van der Waals surface area contributed by atoms with Crippen molar-refractivity contribution in [1.82, 2.24) is 9.97 Å². The Balaban J connectivity index is 1.74. The van der Waals surface area contributed by atoms with E-state index in [1.54, 1.807) is 19.2 Å². The molecule has 0 spiro atoms. The van der Waals surface area contributed by atoms with Crippen molar-refractivity contribution in [2.45, 2.75) is 13.5 Å². The molecule has 0 saturated heterocycles. The lowest BCUT2D eigenvalue weighted by Crippen LogP contribution is -2.18. The number of nitrogens with one attached hydrogen (secondary N) is 1. The molecule has 0 aliphatic rings. The number of carbonyl (C=O) groups is 1. The third kappa shape index (κ3) is 5.45. The van der Waals surface area contributed by atoms with E-state index in [0.717, 1.165) is 22.4 Å². The predicted molar refractivity (Wildman–Crippen MR) is 134 cm³/mol. The zero-order valence-electron chi connectivity index (χ0n) is 18.8. The number of H-pyrrole nitrogens is 1. The summed E-state index contributed by atoms with van der Waals surface area (Å²) in [5, 5.41) is 0. The lowest BCUT2D eigenvalue weighted by molar-refractivity contribution is 0.0526. The van der Waals surface area contributed by atoms with Gasteiger partial charge in [0.15, 0.2) is 5.84 Å². The number of aromatic amines is 1. The molecule has 34 heavy (non-hydrogen) atoms. The van der Waals surface area contributed by atoms with Crippen LogP contribution in [0, 0.1) is 0 Å². The van der Waals surface area contributed by atoms with Gasteiger partial charge in [0.2, 0.25) is 0 Å². The fraction of sp³-hybridized carbons (Fsp3) is 0.111. The van der Waals surface area contributed by atoms with Crippen LogP contribution in [0.1, 0.15) is 34.1 Å². The molecule has 170 valence electrons. The van der Waals surface area contributed by atoms with Crippen LogP contribution >= 0.6 is 0 Å². The fourth-order valence-electron chi connectivity index (χ4n) is 3.42. The first kappa shape index (κ1) is 22.7. The maximum atomic E-state index is 12.1. The minimum Gasteiger partial charge on any atom is -0.462 e. The van der Waals surface area contributed by atoms with Gasteiger partial charge in [0.1, 0.15) is 5.84 Å². The highest BCUT2D eigenvalue weighted by Gasteiger charge is 2.15. The molecule has 0 atom stereocenters. The van der Waals surface area contributed by atoms with E-state index in [9.17, 15) is 4.79 Å². The van der Waals surface area contributed by atoms with Crippen molar-refractivity contribution >= 4 is 17.6 Å². The van der Waals surface area contributed by atoms with Gasteiger partial charge in [-0.1, -0.05) is 60.7 Å². The van der Waals surface area contributed by atoms with E-state index in [1.807, 2.05) is 72.9 Å². The van der Waals surface area contributed by atoms with Crippen LogP contribution in [0.15, 0.2) is 101 Å². The molecule has 0 unspecified atom stereocenters. The fourth-order valence-corrected chi connectivity index (χ4v) is 3.42. The molecule has 0 bridgehead atoms. The third-order valence-corrected chi connectivity index (χ3v) is 5.08. The van der Waals surface area contributed by atoms with Gasteiger partial charge in [0.05, 0.1) is 24.4 Å². The van der Waals surface area contributed by atoms with Gasteiger partial charge < -0.3 is 15.5 Å². The summed E-state index contributed by atoms with van der Waals surface area (Å²) in [5.74, 6) is 0.184. The highest BCUT2D eigenvalue weighted by molar-refractivity contribution is 6.12. The van der Waals surface area contributed by atoms with E-state index < -0.39 is 5.97 Å². The molecule has 4 rings (SSSR count). The molecule has 7 heteroatoms. The predicted octanol–water partition coefficient (Wildman–Crippen LogP) is 4.61. The average molecular weight is 452 g/mol. The summed E-state index contributed by atoms with van der Waals surface area (Å²) in [4.78, 5) is 28.9. The van der Waals surface area contributed by atoms with Crippen molar-refractivity contribution in [2.75, 3.05) is 6.61 Å². The molecule has 7 nitrogen and oxygen atoms in total. The second-order valence-corrected chi connectivity index (χ2v) is 7.44. The highest BCUT2D eigenvalue weighted by atomic mass is 16.5. The number of nitrogens with two attached hydrogens (primary N) is 1. The van der Waals surface area contributed by atoms with Gasteiger partial charge in [-0.2, -0.15) is 0 Å². The highest BCUT2D eigenvalue weighted by Crippen LogP contribution is 2.24. The van der Waals surface area contributed by atoms with Crippen molar-refractivity contribution in [3.8, 4) is 11.1 Å². The summed E-state index contributed by atoms with van der Waals surface area (Å²) < 4.78 is 5.07. The lowest BCUT2D eigenvalue weighted by atomic mass is 10.1. The second-order valence-electron chi connectivity index (χ2n) is 7.44. The zero-order chi connectivity index (χ0) is 23.8. The number of esters is 1. The van der Waals surface area contributed by atoms with E-state index in [2.05, 4.69) is 15.0 Å². The second kappa shape index (κ2) is 10.9. The van der Waals surface area contributed by atoms with Crippen molar-refractivity contribution in [1.29, 1.82) is 0 Å². The minimum atomic E-state index is -0.460. The molecule has 0 aliphatic heterocycles. The Morgan fingerprint density at radius 1 is 1.00 bits per heavy atom. The van der Waals surface area contributed by atoms with Crippen LogP contribution in [0.25, 0.3) is 11.1 Å². The summed E-state index contributed by atoms with van der Waals surface area (Å²) in [5.41, 5.74) is 11.0. The van der Waals surface area contributed by atoms with Gasteiger partial charge in [0, 0.05) is 29.7 Å². The molecule has 2 aromatic heterocycles. The van der Waals surface area contributed by atoms with Crippen LogP contribution in [0.4, 0.5) is 0 Å². The summed E-state index contributed by atoms with van der Waals surface area (Å²) in [6.45, 7) is 2.46. The van der Waals surface area contributed by atoms with Gasteiger partial charge in [-0.3, -0.25) is 9.98 Å². The maximum absolute atomic E-state index is 12.1.